The Morgan fingerprint density at radius 3 is 1.72 bits per heavy atom. The second-order valence-electron chi connectivity index (χ2n) is 14.1. The minimum absolute atomic E-state index is 0.0375. The van der Waals surface area contributed by atoms with Gasteiger partial charge in [-0.15, -0.1) is 0 Å². The minimum Gasteiger partial charge on any atom is -0.454 e. The average Bonchev–Trinajstić information content (AvgIpc) is 3.98. The van der Waals surface area contributed by atoms with E-state index < -0.39 is 30.2 Å². The van der Waals surface area contributed by atoms with Crippen LogP contribution >= 0.6 is 0 Å². The molecule has 0 aliphatic rings. The third kappa shape index (κ3) is 4.87. The van der Waals surface area contributed by atoms with E-state index in [1.54, 1.807) is 0 Å². The van der Waals surface area contributed by atoms with Crippen molar-refractivity contribution < 1.29 is 11.3 Å². The molecule has 0 spiro atoms. The zero-order valence-corrected chi connectivity index (χ0v) is 30.2. The van der Waals surface area contributed by atoms with Gasteiger partial charge >= 0.3 is 0 Å². The highest BCUT2D eigenvalue weighted by Gasteiger charge is 2.21. The molecular weight excluding hydrogens is 699 g/mol. The fourth-order valence-corrected chi connectivity index (χ4v) is 8.34. The third-order valence-corrected chi connectivity index (χ3v) is 10.9. The molecule has 0 N–H and O–H groups in total. The first kappa shape index (κ1) is 26.9. The number of benzene rings is 8. The molecule has 266 valence electrons. The van der Waals surface area contributed by atoms with Crippen molar-refractivity contribution >= 4 is 65.6 Å². The van der Waals surface area contributed by atoms with Crippen molar-refractivity contribution in [1.82, 2.24) is 24.1 Å². The van der Waals surface area contributed by atoms with E-state index in [4.69, 9.17) is 26.2 Å². The maximum atomic E-state index is 8.87. The Morgan fingerprint density at radius 1 is 0.404 bits per heavy atom. The zero-order chi connectivity index (χ0) is 41.8. The van der Waals surface area contributed by atoms with Gasteiger partial charge in [-0.2, -0.15) is 9.97 Å². The minimum atomic E-state index is -0.491. The lowest BCUT2D eigenvalue weighted by Gasteiger charge is -2.11. The molecular formula is C51H31N5O. The molecule has 57 heavy (non-hydrogen) atoms. The summed E-state index contributed by atoms with van der Waals surface area (Å²) in [5.41, 5.74) is 8.88. The van der Waals surface area contributed by atoms with Crippen LogP contribution in [0.3, 0.4) is 0 Å². The normalized spacial score (nSPS) is 13.1. The Morgan fingerprint density at radius 2 is 1.00 bits per heavy atom. The van der Waals surface area contributed by atoms with Crippen LogP contribution in [0.5, 0.6) is 0 Å². The van der Waals surface area contributed by atoms with Gasteiger partial charge in [0, 0.05) is 43.4 Å². The van der Waals surface area contributed by atoms with Gasteiger partial charge < -0.3 is 8.98 Å². The zero-order valence-electron chi connectivity index (χ0n) is 35.2. The van der Waals surface area contributed by atoms with Gasteiger partial charge in [-0.3, -0.25) is 4.57 Å². The van der Waals surface area contributed by atoms with E-state index in [0.29, 0.717) is 16.7 Å². The lowest BCUT2D eigenvalue weighted by atomic mass is 10.0. The third-order valence-electron chi connectivity index (χ3n) is 10.9. The lowest BCUT2D eigenvalue weighted by Crippen LogP contribution is -2.06. The monoisotopic (exact) mass is 734 g/mol. The van der Waals surface area contributed by atoms with Crippen molar-refractivity contribution in [1.29, 1.82) is 0 Å². The summed E-state index contributed by atoms with van der Waals surface area (Å²) in [5, 5.41) is 6.01. The van der Waals surface area contributed by atoms with Crippen LogP contribution in [-0.4, -0.2) is 24.1 Å². The number of furan rings is 1. The number of nitrogens with zero attached hydrogens (tertiary/aromatic N) is 5. The molecule has 12 rings (SSSR count). The van der Waals surface area contributed by atoms with Gasteiger partial charge in [0.15, 0.2) is 17.2 Å². The van der Waals surface area contributed by atoms with Crippen LogP contribution in [0, 0.1) is 0 Å². The maximum Gasteiger partial charge on any atom is 0.238 e. The van der Waals surface area contributed by atoms with Crippen molar-refractivity contribution in [3.05, 3.63) is 188 Å². The second-order valence-corrected chi connectivity index (χ2v) is 14.1. The molecule has 0 bridgehead atoms. The Hall–Kier alpha value is -7.83. The molecule has 0 amide bonds. The lowest BCUT2D eigenvalue weighted by molar-refractivity contribution is 0.666. The molecule has 0 saturated carbocycles. The molecule has 0 atom stereocenters. The largest absolute Gasteiger partial charge is 0.454 e. The number of aromatic nitrogens is 5. The van der Waals surface area contributed by atoms with E-state index in [2.05, 4.69) is 77.4 Å². The Kier molecular flexibility index (Phi) is 5.82. The van der Waals surface area contributed by atoms with Crippen LogP contribution in [0.1, 0.15) is 6.85 Å². The van der Waals surface area contributed by atoms with Gasteiger partial charge in [-0.25, -0.2) is 4.98 Å². The predicted octanol–water partition coefficient (Wildman–Crippen LogP) is 13.0. The molecule has 0 unspecified atom stereocenters. The highest BCUT2D eigenvalue weighted by Crippen LogP contribution is 2.40. The van der Waals surface area contributed by atoms with Gasteiger partial charge in [-0.05, 0) is 59.7 Å². The molecule has 0 saturated heterocycles. The van der Waals surface area contributed by atoms with E-state index in [1.807, 2.05) is 89.5 Å². The fourth-order valence-electron chi connectivity index (χ4n) is 8.34. The summed E-state index contributed by atoms with van der Waals surface area (Å²) in [6.45, 7) is 0. The summed E-state index contributed by atoms with van der Waals surface area (Å²) in [6, 6.07) is 51.1. The Bertz CT molecular complexity index is 3750. The van der Waals surface area contributed by atoms with Gasteiger partial charge in [0.1, 0.15) is 5.58 Å². The molecule has 4 heterocycles. The number of hydrogen-bond donors (Lipinski definition) is 0. The summed E-state index contributed by atoms with van der Waals surface area (Å²) in [7, 11) is 0. The first-order valence-corrected chi connectivity index (χ1v) is 18.7. The summed E-state index contributed by atoms with van der Waals surface area (Å²) < 4.78 is 53.9. The average molecular weight is 735 g/mol. The molecule has 4 aromatic heterocycles. The van der Waals surface area contributed by atoms with Crippen LogP contribution in [0.2, 0.25) is 0 Å². The van der Waals surface area contributed by atoms with Crippen molar-refractivity contribution in [3.63, 3.8) is 0 Å². The predicted molar refractivity (Wildman–Crippen MR) is 232 cm³/mol. The van der Waals surface area contributed by atoms with E-state index in [9.17, 15) is 0 Å². The molecule has 0 aliphatic heterocycles. The standard InChI is InChI=1S/C51H31N5O/c1-3-14-32(15-4-1)34-26-28-39-38-20-7-10-22-42(38)55(46(39)31-34)45-25-13-21-40-41-30-35(27-29-47(41)57-48(40)45)50-52-49(33-16-5-2-6-17-33)53-51(54-50)56-43-23-11-8-18-36(43)37-19-9-12-24-44(37)56/h1-31H/i2D,5D,6D,16D,17D. The van der Waals surface area contributed by atoms with Crippen molar-refractivity contribution in [2.45, 2.75) is 0 Å². The van der Waals surface area contributed by atoms with Crippen LogP contribution in [0.15, 0.2) is 192 Å². The maximum absolute atomic E-state index is 8.87. The molecule has 0 fully saturated rings. The van der Waals surface area contributed by atoms with E-state index in [1.165, 1.54) is 0 Å². The number of hydrogen-bond acceptors (Lipinski definition) is 4. The van der Waals surface area contributed by atoms with Crippen LogP contribution < -0.4 is 0 Å². The number of fused-ring (bicyclic) bond motifs is 9. The molecule has 6 nitrogen and oxygen atoms in total. The molecule has 12 aromatic rings. The topological polar surface area (TPSA) is 61.7 Å². The quantitative estimate of drug-likeness (QED) is 0.177. The van der Waals surface area contributed by atoms with E-state index in [0.717, 1.165) is 71.2 Å². The Balaban J connectivity index is 1.09. The van der Waals surface area contributed by atoms with Crippen LogP contribution in [-0.2, 0) is 0 Å². The molecule has 0 aliphatic carbocycles. The highest BCUT2D eigenvalue weighted by molar-refractivity contribution is 6.14. The van der Waals surface area contributed by atoms with Gasteiger partial charge in [0.25, 0.3) is 0 Å². The first-order valence-electron chi connectivity index (χ1n) is 21.2. The van der Waals surface area contributed by atoms with Crippen molar-refractivity contribution in [2.75, 3.05) is 0 Å². The summed E-state index contributed by atoms with van der Waals surface area (Å²) >= 11 is 0. The number of rotatable bonds is 5. The SMILES string of the molecule is [2H]c1c([2H])c([2H])c(-c2nc(-c3ccc4oc5c(-n6c7ccccc7c7ccc(-c8ccccc8)cc76)cccc5c4c3)nc(-n3c4ccccc4c4ccccc43)n2)c([2H])c1[2H]. The number of para-hydroxylation sites is 4. The van der Waals surface area contributed by atoms with E-state index >= 15 is 0 Å². The second kappa shape index (κ2) is 12.3. The fraction of sp³-hybridized carbons (Fsp3) is 0. The van der Waals surface area contributed by atoms with Crippen molar-refractivity contribution in [2.24, 2.45) is 0 Å². The van der Waals surface area contributed by atoms with Gasteiger partial charge in [0.2, 0.25) is 5.95 Å². The van der Waals surface area contributed by atoms with Gasteiger partial charge in [0.05, 0.1) is 34.6 Å². The molecule has 6 heteroatoms. The molecule has 0 radical (unpaired) electrons. The van der Waals surface area contributed by atoms with E-state index in [-0.39, 0.29) is 23.2 Å². The smallest absolute Gasteiger partial charge is 0.238 e. The summed E-state index contributed by atoms with van der Waals surface area (Å²) in [4.78, 5) is 14.8. The summed E-state index contributed by atoms with van der Waals surface area (Å²) in [5.74, 6) is 0.473. The first-order chi connectivity index (χ1) is 30.3. The van der Waals surface area contributed by atoms with Crippen LogP contribution in [0.25, 0.3) is 111 Å². The van der Waals surface area contributed by atoms with Crippen molar-refractivity contribution in [3.8, 4) is 45.5 Å². The molecule has 8 aromatic carbocycles. The summed E-state index contributed by atoms with van der Waals surface area (Å²) in [6.07, 6.45) is 0. The van der Waals surface area contributed by atoms with Crippen LogP contribution in [0.4, 0.5) is 0 Å². The Labute approximate surface area is 333 Å². The highest BCUT2D eigenvalue weighted by atomic mass is 16.3. The van der Waals surface area contributed by atoms with Gasteiger partial charge in [-0.1, -0.05) is 139 Å².